The van der Waals surface area contributed by atoms with E-state index in [9.17, 15) is 10.1 Å². The van der Waals surface area contributed by atoms with Crippen molar-refractivity contribution in [1.29, 1.82) is 0 Å². The van der Waals surface area contributed by atoms with Crippen LogP contribution >= 0.6 is 0 Å². The second kappa shape index (κ2) is 8.26. The number of hydrogen-bond acceptors (Lipinski definition) is 7. The Labute approximate surface area is 117 Å². The SMILES string of the molecule is CCCc1nc(NCC)c([N+](=O)[O-])c(OCCOC)n1. The molecule has 0 atom stereocenters. The molecule has 1 rings (SSSR count). The van der Waals surface area contributed by atoms with Gasteiger partial charge in [0, 0.05) is 20.1 Å². The highest BCUT2D eigenvalue weighted by Crippen LogP contribution is 2.32. The van der Waals surface area contributed by atoms with Gasteiger partial charge in [-0.2, -0.15) is 4.98 Å². The summed E-state index contributed by atoms with van der Waals surface area (Å²) in [5.74, 6) is 0.714. The molecule has 1 heterocycles. The Balaban J connectivity index is 3.15. The Morgan fingerprint density at radius 1 is 1.30 bits per heavy atom. The van der Waals surface area contributed by atoms with Crippen LogP contribution in [-0.2, 0) is 11.2 Å². The third-order valence-electron chi connectivity index (χ3n) is 2.42. The van der Waals surface area contributed by atoms with Crippen molar-refractivity contribution in [2.45, 2.75) is 26.7 Å². The monoisotopic (exact) mass is 284 g/mol. The van der Waals surface area contributed by atoms with E-state index in [1.807, 2.05) is 13.8 Å². The standard InChI is InChI=1S/C12H20N4O4/c1-4-6-9-14-11(13-5-2)10(16(17)18)12(15-9)20-8-7-19-3/h4-8H2,1-3H3,(H,13,14,15). The maximum Gasteiger partial charge on any atom is 0.372 e. The van der Waals surface area contributed by atoms with Crippen LogP contribution in [0.2, 0.25) is 0 Å². The maximum atomic E-state index is 11.2. The lowest BCUT2D eigenvalue weighted by Gasteiger charge is -2.10. The first-order valence-corrected chi connectivity index (χ1v) is 6.54. The van der Waals surface area contributed by atoms with Crippen LogP contribution in [0.3, 0.4) is 0 Å². The number of nitro groups is 1. The normalized spacial score (nSPS) is 10.3. The number of aryl methyl sites for hydroxylation is 1. The number of nitrogens with one attached hydrogen (secondary N) is 1. The second-order valence-corrected chi connectivity index (χ2v) is 4.02. The zero-order valence-electron chi connectivity index (χ0n) is 12.0. The van der Waals surface area contributed by atoms with E-state index in [0.29, 0.717) is 25.4 Å². The van der Waals surface area contributed by atoms with Crippen LogP contribution in [-0.4, -0.2) is 41.8 Å². The molecule has 0 unspecified atom stereocenters. The Morgan fingerprint density at radius 2 is 2.05 bits per heavy atom. The molecule has 0 bridgehead atoms. The quantitative estimate of drug-likeness (QED) is 0.419. The summed E-state index contributed by atoms with van der Waals surface area (Å²) in [5.41, 5.74) is -0.234. The minimum atomic E-state index is -0.532. The molecule has 8 nitrogen and oxygen atoms in total. The van der Waals surface area contributed by atoms with Crippen LogP contribution in [0.15, 0.2) is 0 Å². The van der Waals surface area contributed by atoms with Gasteiger partial charge in [-0.15, -0.1) is 0 Å². The maximum absolute atomic E-state index is 11.2. The molecular weight excluding hydrogens is 264 g/mol. The van der Waals surface area contributed by atoms with E-state index in [2.05, 4.69) is 15.3 Å². The zero-order chi connectivity index (χ0) is 15.0. The smallest absolute Gasteiger partial charge is 0.372 e. The molecule has 0 aliphatic heterocycles. The van der Waals surface area contributed by atoms with E-state index in [1.54, 1.807) is 0 Å². The van der Waals surface area contributed by atoms with Crippen LogP contribution in [0.25, 0.3) is 0 Å². The Bertz CT molecular complexity index is 453. The third-order valence-corrected chi connectivity index (χ3v) is 2.42. The van der Waals surface area contributed by atoms with Crippen molar-refractivity contribution in [3.63, 3.8) is 0 Å². The summed E-state index contributed by atoms with van der Waals surface area (Å²) in [6.45, 7) is 4.90. The van der Waals surface area contributed by atoms with Gasteiger partial charge in [-0.1, -0.05) is 6.92 Å². The van der Waals surface area contributed by atoms with Crippen molar-refractivity contribution in [3.05, 3.63) is 15.9 Å². The van der Waals surface area contributed by atoms with Crippen LogP contribution in [0.1, 0.15) is 26.1 Å². The zero-order valence-corrected chi connectivity index (χ0v) is 12.0. The van der Waals surface area contributed by atoms with Crippen molar-refractivity contribution >= 4 is 11.5 Å². The lowest BCUT2D eigenvalue weighted by Crippen LogP contribution is -2.12. The lowest BCUT2D eigenvalue weighted by molar-refractivity contribution is -0.385. The molecule has 1 N–H and O–H groups in total. The molecule has 0 aromatic carbocycles. The Morgan fingerprint density at radius 3 is 2.60 bits per heavy atom. The van der Waals surface area contributed by atoms with Gasteiger partial charge in [-0.3, -0.25) is 10.1 Å². The van der Waals surface area contributed by atoms with Crippen molar-refractivity contribution in [2.75, 3.05) is 32.2 Å². The first-order chi connectivity index (χ1) is 9.63. The summed E-state index contributed by atoms with van der Waals surface area (Å²) in [5, 5.41) is 14.1. The van der Waals surface area contributed by atoms with Gasteiger partial charge in [-0.05, 0) is 13.3 Å². The molecular formula is C12H20N4O4. The molecule has 0 aliphatic rings. The number of aromatic nitrogens is 2. The average Bonchev–Trinajstić information content (AvgIpc) is 2.39. The van der Waals surface area contributed by atoms with Gasteiger partial charge >= 0.3 is 5.69 Å². The molecule has 1 aromatic heterocycles. The highest BCUT2D eigenvalue weighted by molar-refractivity contribution is 5.61. The summed E-state index contributed by atoms with van der Waals surface area (Å²) in [6.07, 6.45) is 1.48. The van der Waals surface area contributed by atoms with Gasteiger partial charge in [0.25, 0.3) is 5.88 Å². The summed E-state index contributed by atoms with van der Waals surface area (Å²) >= 11 is 0. The molecule has 20 heavy (non-hydrogen) atoms. The van der Waals surface area contributed by atoms with E-state index in [4.69, 9.17) is 9.47 Å². The fourth-order valence-electron chi connectivity index (χ4n) is 1.59. The predicted molar refractivity (Wildman–Crippen MR) is 74.2 cm³/mol. The fraction of sp³-hybridized carbons (Fsp3) is 0.667. The van der Waals surface area contributed by atoms with Crippen molar-refractivity contribution in [2.24, 2.45) is 0 Å². The Hall–Kier alpha value is -1.96. The van der Waals surface area contributed by atoms with E-state index < -0.39 is 4.92 Å². The molecule has 8 heteroatoms. The van der Waals surface area contributed by atoms with Gasteiger partial charge in [0.1, 0.15) is 12.4 Å². The average molecular weight is 284 g/mol. The fourth-order valence-corrected chi connectivity index (χ4v) is 1.59. The molecule has 0 radical (unpaired) electrons. The molecule has 0 saturated carbocycles. The first-order valence-electron chi connectivity index (χ1n) is 6.54. The van der Waals surface area contributed by atoms with Gasteiger partial charge in [0.05, 0.1) is 11.5 Å². The number of anilines is 1. The van der Waals surface area contributed by atoms with Gasteiger partial charge in [0.15, 0.2) is 0 Å². The van der Waals surface area contributed by atoms with Crippen LogP contribution in [0.4, 0.5) is 11.5 Å². The van der Waals surface area contributed by atoms with E-state index >= 15 is 0 Å². The molecule has 112 valence electrons. The van der Waals surface area contributed by atoms with Crippen molar-refractivity contribution < 1.29 is 14.4 Å². The Kier molecular flexibility index (Phi) is 6.65. The van der Waals surface area contributed by atoms with Gasteiger partial charge in [-0.25, -0.2) is 4.98 Å². The number of methoxy groups -OCH3 is 1. The van der Waals surface area contributed by atoms with E-state index in [0.717, 1.165) is 6.42 Å². The van der Waals surface area contributed by atoms with Gasteiger partial charge < -0.3 is 14.8 Å². The molecule has 0 aliphatic carbocycles. The minimum absolute atomic E-state index is 0.0125. The third kappa shape index (κ3) is 4.30. The summed E-state index contributed by atoms with van der Waals surface area (Å²) in [7, 11) is 1.53. The van der Waals surface area contributed by atoms with Crippen LogP contribution in [0, 0.1) is 10.1 Å². The van der Waals surface area contributed by atoms with Crippen LogP contribution < -0.4 is 10.1 Å². The largest absolute Gasteiger partial charge is 0.470 e. The van der Waals surface area contributed by atoms with Gasteiger partial charge in [0.2, 0.25) is 5.82 Å². The second-order valence-electron chi connectivity index (χ2n) is 4.02. The summed E-state index contributed by atoms with van der Waals surface area (Å²) < 4.78 is 10.2. The number of rotatable bonds is 9. The number of hydrogen-bond donors (Lipinski definition) is 1. The number of nitrogens with zero attached hydrogens (tertiary/aromatic N) is 3. The van der Waals surface area contributed by atoms with E-state index in [-0.39, 0.29) is 24.0 Å². The highest BCUT2D eigenvalue weighted by atomic mass is 16.6. The lowest BCUT2D eigenvalue weighted by atomic mass is 10.3. The molecule has 0 saturated heterocycles. The predicted octanol–water partition coefficient (Wildman–Crippen LogP) is 1.79. The van der Waals surface area contributed by atoms with E-state index in [1.165, 1.54) is 7.11 Å². The minimum Gasteiger partial charge on any atom is -0.470 e. The van der Waals surface area contributed by atoms with Crippen molar-refractivity contribution in [3.8, 4) is 5.88 Å². The molecule has 0 fully saturated rings. The molecule has 1 aromatic rings. The summed E-state index contributed by atoms with van der Waals surface area (Å²) in [4.78, 5) is 19.0. The molecule has 0 spiro atoms. The van der Waals surface area contributed by atoms with Crippen LogP contribution in [0.5, 0.6) is 5.88 Å². The van der Waals surface area contributed by atoms with Crippen molar-refractivity contribution in [1.82, 2.24) is 9.97 Å². The topological polar surface area (TPSA) is 99.4 Å². The molecule has 0 amide bonds. The first kappa shape index (κ1) is 16.1. The highest BCUT2D eigenvalue weighted by Gasteiger charge is 2.25. The summed E-state index contributed by atoms with van der Waals surface area (Å²) in [6, 6.07) is 0. The number of ether oxygens (including phenoxy) is 2.